The topological polar surface area (TPSA) is 57.5 Å². The fourth-order valence-electron chi connectivity index (χ4n) is 1.13. The van der Waals surface area contributed by atoms with E-state index in [2.05, 4.69) is 16.3 Å². The van der Waals surface area contributed by atoms with Crippen LogP contribution in [-0.2, 0) is 9.47 Å². The minimum atomic E-state index is -0.318. The van der Waals surface area contributed by atoms with Crippen LogP contribution in [0.5, 0.6) is 0 Å². The van der Waals surface area contributed by atoms with E-state index in [1.807, 2.05) is 14.1 Å². The normalized spacial score (nSPS) is 13.1. The number of methoxy groups -OCH3 is 2. The Hall–Kier alpha value is -0.670. The summed E-state index contributed by atoms with van der Waals surface area (Å²) in [6.07, 6.45) is 0.221. The highest BCUT2D eigenvalue weighted by Gasteiger charge is 2.14. The zero-order chi connectivity index (χ0) is 11.7. The zero-order valence-electron chi connectivity index (χ0n) is 9.99. The average molecular weight is 215 g/mol. The highest BCUT2D eigenvalue weighted by molar-refractivity contribution is 4.90. The molecule has 5 nitrogen and oxygen atoms in total. The third kappa shape index (κ3) is 7.28. The Morgan fingerprint density at radius 2 is 1.93 bits per heavy atom. The van der Waals surface area contributed by atoms with Crippen LogP contribution in [0.15, 0.2) is 0 Å². The fourth-order valence-corrected chi connectivity index (χ4v) is 1.13. The van der Waals surface area contributed by atoms with Crippen molar-refractivity contribution < 1.29 is 9.47 Å². The van der Waals surface area contributed by atoms with Gasteiger partial charge in [0.1, 0.15) is 6.04 Å². The van der Waals surface area contributed by atoms with E-state index in [1.165, 1.54) is 0 Å². The van der Waals surface area contributed by atoms with E-state index in [0.29, 0.717) is 6.42 Å². The molecule has 88 valence electrons. The van der Waals surface area contributed by atoms with Crippen LogP contribution in [-0.4, -0.2) is 58.6 Å². The zero-order valence-corrected chi connectivity index (χ0v) is 9.99. The Balaban J connectivity index is 3.78. The predicted octanol–water partition coefficient (Wildman–Crippen LogP) is 0.0388. The molecule has 0 spiro atoms. The van der Waals surface area contributed by atoms with Crippen molar-refractivity contribution in [1.29, 1.82) is 5.26 Å². The molecule has 1 N–H and O–H groups in total. The number of hydrogen-bond acceptors (Lipinski definition) is 5. The lowest BCUT2D eigenvalue weighted by Gasteiger charge is -2.18. The summed E-state index contributed by atoms with van der Waals surface area (Å²) in [6.45, 7) is 1.69. The molecule has 0 fully saturated rings. The van der Waals surface area contributed by atoms with Crippen LogP contribution in [0.3, 0.4) is 0 Å². The van der Waals surface area contributed by atoms with E-state index in [-0.39, 0.29) is 12.3 Å². The SMILES string of the molecule is COC(CC(C#N)NCCN(C)C)OC. The Morgan fingerprint density at radius 3 is 2.33 bits per heavy atom. The Kier molecular flexibility index (Phi) is 8.24. The van der Waals surface area contributed by atoms with Crippen molar-refractivity contribution in [1.82, 2.24) is 10.2 Å². The van der Waals surface area contributed by atoms with Gasteiger partial charge < -0.3 is 19.7 Å². The molecule has 0 aromatic rings. The summed E-state index contributed by atoms with van der Waals surface area (Å²) >= 11 is 0. The third-order valence-electron chi connectivity index (χ3n) is 2.06. The van der Waals surface area contributed by atoms with Crippen molar-refractivity contribution in [2.24, 2.45) is 0 Å². The van der Waals surface area contributed by atoms with Crippen LogP contribution in [0.2, 0.25) is 0 Å². The third-order valence-corrected chi connectivity index (χ3v) is 2.06. The highest BCUT2D eigenvalue weighted by Crippen LogP contribution is 2.01. The predicted molar refractivity (Wildman–Crippen MR) is 58.4 cm³/mol. The monoisotopic (exact) mass is 215 g/mol. The van der Waals surface area contributed by atoms with Crippen molar-refractivity contribution in [2.45, 2.75) is 18.8 Å². The minimum Gasteiger partial charge on any atom is -0.356 e. The number of likely N-dealkylation sites (N-methyl/N-ethyl adjacent to an activating group) is 1. The lowest BCUT2D eigenvalue weighted by Crippen LogP contribution is -2.36. The van der Waals surface area contributed by atoms with Gasteiger partial charge in [0.05, 0.1) is 6.07 Å². The summed E-state index contributed by atoms with van der Waals surface area (Å²) < 4.78 is 10.1. The lowest BCUT2D eigenvalue weighted by molar-refractivity contribution is -0.108. The van der Waals surface area contributed by atoms with Crippen molar-refractivity contribution in [3.05, 3.63) is 0 Å². The number of rotatable bonds is 8. The molecule has 0 rings (SSSR count). The van der Waals surface area contributed by atoms with Crippen LogP contribution in [0.1, 0.15) is 6.42 Å². The van der Waals surface area contributed by atoms with Gasteiger partial charge in [-0.3, -0.25) is 0 Å². The molecule has 0 bridgehead atoms. The van der Waals surface area contributed by atoms with E-state index >= 15 is 0 Å². The molecule has 0 radical (unpaired) electrons. The molecule has 0 saturated carbocycles. The molecule has 0 aliphatic carbocycles. The molecular formula is C10H21N3O2. The Labute approximate surface area is 92.0 Å². The molecule has 0 heterocycles. The molecule has 0 aliphatic rings. The summed E-state index contributed by atoms with van der Waals surface area (Å²) in [5.74, 6) is 0. The van der Waals surface area contributed by atoms with E-state index < -0.39 is 0 Å². The van der Waals surface area contributed by atoms with E-state index in [1.54, 1.807) is 14.2 Å². The van der Waals surface area contributed by atoms with Gasteiger partial charge in [-0.15, -0.1) is 0 Å². The highest BCUT2D eigenvalue weighted by atomic mass is 16.7. The second-order valence-corrected chi connectivity index (χ2v) is 3.58. The summed E-state index contributed by atoms with van der Waals surface area (Å²) in [7, 11) is 7.14. The molecule has 15 heavy (non-hydrogen) atoms. The van der Waals surface area contributed by atoms with Crippen molar-refractivity contribution in [3.63, 3.8) is 0 Å². The molecule has 5 heteroatoms. The van der Waals surface area contributed by atoms with Crippen molar-refractivity contribution in [2.75, 3.05) is 41.4 Å². The standard InChI is InChI=1S/C10H21N3O2/c1-13(2)6-5-12-9(8-11)7-10(14-3)15-4/h9-10,12H,5-7H2,1-4H3. The first-order valence-electron chi connectivity index (χ1n) is 4.97. The number of nitrogens with zero attached hydrogens (tertiary/aromatic N) is 2. The van der Waals surface area contributed by atoms with Crippen LogP contribution < -0.4 is 5.32 Å². The van der Waals surface area contributed by atoms with Crippen LogP contribution >= 0.6 is 0 Å². The number of nitrogens with one attached hydrogen (secondary N) is 1. The van der Waals surface area contributed by atoms with Gasteiger partial charge in [0.15, 0.2) is 6.29 Å². The molecule has 0 amide bonds. The van der Waals surface area contributed by atoms with Gasteiger partial charge in [0.25, 0.3) is 0 Å². The molecular weight excluding hydrogens is 194 g/mol. The summed E-state index contributed by atoms with van der Waals surface area (Å²) in [6, 6.07) is 1.96. The molecule has 0 aliphatic heterocycles. The Morgan fingerprint density at radius 1 is 1.33 bits per heavy atom. The number of ether oxygens (including phenoxy) is 2. The second kappa shape index (κ2) is 8.62. The first-order chi connectivity index (χ1) is 7.13. The van der Waals surface area contributed by atoms with Gasteiger partial charge in [0, 0.05) is 33.7 Å². The number of hydrogen-bond donors (Lipinski definition) is 1. The van der Waals surface area contributed by atoms with E-state index in [4.69, 9.17) is 14.7 Å². The number of nitriles is 1. The average Bonchev–Trinajstić information content (AvgIpc) is 2.22. The van der Waals surface area contributed by atoms with Gasteiger partial charge in [-0.2, -0.15) is 5.26 Å². The van der Waals surface area contributed by atoms with Crippen molar-refractivity contribution in [3.8, 4) is 6.07 Å². The van der Waals surface area contributed by atoms with E-state index in [0.717, 1.165) is 13.1 Å². The second-order valence-electron chi connectivity index (χ2n) is 3.58. The quantitative estimate of drug-likeness (QED) is 0.579. The lowest BCUT2D eigenvalue weighted by atomic mass is 10.2. The van der Waals surface area contributed by atoms with Gasteiger partial charge >= 0.3 is 0 Å². The van der Waals surface area contributed by atoms with Crippen LogP contribution in [0.25, 0.3) is 0 Å². The maximum absolute atomic E-state index is 8.89. The maximum Gasteiger partial charge on any atom is 0.159 e. The molecule has 1 atom stereocenters. The molecule has 0 aromatic carbocycles. The van der Waals surface area contributed by atoms with E-state index in [9.17, 15) is 0 Å². The minimum absolute atomic E-state index is 0.227. The van der Waals surface area contributed by atoms with Gasteiger partial charge in [0.2, 0.25) is 0 Å². The van der Waals surface area contributed by atoms with Gasteiger partial charge in [-0.1, -0.05) is 0 Å². The van der Waals surface area contributed by atoms with Gasteiger partial charge in [-0.25, -0.2) is 0 Å². The summed E-state index contributed by atoms with van der Waals surface area (Å²) in [4.78, 5) is 2.06. The first kappa shape index (κ1) is 14.3. The molecule has 0 saturated heterocycles. The van der Waals surface area contributed by atoms with Crippen molar-refractivity contribution >= 4 is 0 Å². The molecule has 0 aromatic heterocycles. The molecule has 1 unspecified atom stereocenters. The summed E-state index contributed by atoms with van der Waals surface area (Å²) in [5.41, 5.74) is 0. The Bertz CT molecular complexity index is 188. The fraction of sp³-hybridized carbons (Fsp3) is 0.900. The smallest absolute Gasteiger partial charge is 0.159 e. The van der Waals surface area contributed by atoms with Crippen LogP contribution in [0, 0.1) is 11.3 Å². The first-order valence-corrected chi connectivity index (χ1v) is 4.97. The largest absolute Gasteiger partial charge is 0.356 e. The van der Waals surface area contributed by atoms with Crippen LogP contribution in [0.4, 0.5) is 0 Å². The maximum atomic E-state index is 8.89. The summed E-state index contributed by atoms with van der Waals surface area (Å²) in [5, 5.41) is 12.0. The van der Waals surface area contributed by atoms with Gasteiger partial charge in [-0.05, 0) is 14.1 Å².